The van der Waals surface area contributed by atoms with Crippen LogP contribution in [0.1, 0.15) is 6.42 Å². The highest BCUT2D eigenvalue weighted by molar-refractivity contribution is 5.73. The molecule has 3 N–H and O–H groups in total. The largest absolute Gasteiger partial charge is 0.495 e. The summed E-state index contributed by atoms with van der Waals surface area (Å²) < 4.78 is 5.23. The average Bonchev–Trinajstić information content (AvgIpc) is 2.35. The fraction of sp³-hybridized carbons (Fsp3) is 0.417. The summed E-state index contributed by atoms with van der Waals surface area (Å²) in [6.07, 6.45) is 0.393. The number of ether oxygens (including phenoxy) is 1. The van der Waals surface area contributed by atoms with Crippen LogP contribution in [-0.4, -0.2) is 37.8 Å². The maximum atomic E-state index is 10.6. The van der Waals surface area contributed by atoms with Crippen molar-refractivity contribution in [1.82, 2.24) is 0 Å². The van der Waals surface area contributed by atoms with Gasteiger partial charge < -0.3 is 20.5 Å². The molecule has 0 saturated carbocycles. The Kier molecular flexibility index (Phi) is 4.78. The minimum absolute atomic E-state index is 0.393. The van der Waals surface area contributed by atoms with Crippen LogP contribution in [0.2, 0.25) is 0 Å². The number of rotatable bonds is 6. The summed E-state index contributed by atoms with van der Waals surface area (Å²) >= 11 is 0. The highest BCUT2D eigenvalue weighted by atomic mass is 16.5. The van der Waals surface area contributed by atoms with Gasteiger partial charge in [0.05, 0.1) is 12.8 Å². The number of carbonyl (C=O) groups is 1. The third kappa shape index (κ3) is 3.64. The van der Waals surface area contributed by atoms with Crippen LogP contribution in [-0.2, 0) is 4.79 Å². The zero-order valence-electron chi connectivity index (χ0n) is 10.1. The Balaban J connectivity index is 2.63. The summed E-state index contributed by atoms with van der Waals surface area (Å²) in [5, 5.41) is 8.70. The van der Waals surface area contributed by atoms with E-state index >= 15 is 0 Å². The van der Waals surface area contributed by atoms with Gasteiger partial charge in [0.2, 0.25) is 0 Å². The average molecular weight is 238 g/mol. The summed E-state index contributed by atoms with van der Waals surface area (Å²) in [7, 11) is 3.49. The van der Waals surface area contributed by atoms with Gasteiger partial charge in [0.25, 0.3) is 0 Å². The minimum Gasteiger partial charge on any atom is -0.495 e. The maximum absolute atomic E-state index is 10.6. The molecule has 0 amide bonds. The van der Waals surface area contributed by atoms with Crippen molar-refractivity contribution < 1.29 is 14.6 Å². The molecule has 1 aromatic rings. The van der Waals surface area contributed by atoms with Crippen molar-refractivity contribution in [1.29, 1.82) is 0 Å². The fourth-order valence-electron chi connectivity index (χ4n) is 1.52. The van der Waals surface area contributed by atoms with Gasteiger partial charge in [-0.15, -0.1) is 0 Å². The molecule has 0 spiro atoms. The smallest absolute Gasteiger partial charge is 0.320 e. The topological polar surface area (TPSA) is 75.8 Å². The van der Waals surface area contributed by atoms with Gasteiger partial charge in [0.15, 0.2) is 0 Å². The molecule has 0 aliphatic carbocycles. The number of hydrogen-bond acceptors (Lipinski definition) is 4. The molecule has 0 heterocycles. The third-order valence-corrected chi connectivity index (χ3v) is 2.59. The Morgan fingerprint density at radius 2 is 2.18 bits per heavy atom. The van der Waals surface area contributed by atoms with E-state index in [1.54, 1.807) is 7.11 Å². The van der Waals surface area contributed by atoms with Gasteiger partial charge in [0.1, 0.15) is 11.8 Å². The Labute approximate surface area is 101 Å². The first-order valence-electron chi connectivity index (χ1n) is 5.38. The first-order chi connectivity index (χ1) is 8.06. The van der Waals surface area contributed by atoms with Gasteiger partial charge >= 0.3 is 5.97 Å². The predicted molar refractivity (Wildman–Crippen MR) is 66.5 cm³/mol. The van der Waals surface area contributed by atoms with Crippen LogP contribution in [0.25, 0.3) is 0 Å². The van der Waals surface area contributed by atoms with E-state index in [1.165, 1.54) is 0 Å². The van der Waals surface area contributed by atoms with E-state index in [1.807, 2.05) is 36.2 Å². The number of carboxylic acid groups (broad SMARTS) is 1. The number of nitrogens with zero attached hydrogens (tertiary/aromatic N) is 1. The van der Waals surface area contributed by atoms with Crippen LogP contribution in [0, 0.1) is 0 Å². The van der Waals surface area contributed by atoms with Gasteiger partial charge in [0, 0.05) is 13.6 Å². The van der Waals surface area contributed by atoms with Crippen molar-refractivity contribution in [3.8, 4) is 5.75 Å². The molecule has 0 bridgehead atoms. The zero-order chi connectivity index (χ0) is 12.8. The van der Waals surface area contributed by atoms with Crippen molar-refractivity contribution in [2.45, 2.75) is 12.5 Å². The molecule has 0 saturated heterocycles. The number of para-hydroxylation sites is 2. The number of methoxy groups -OCH3 is 1. The Morgan fingerprint density at radius 1 is 1.53 bits per heavy atom. The van der Waals surface area contributed by atoms with Crippen molar-refractivity contribution in [2.24, 2.45) is 5.73 Å². The standard InChI is InChI=1S/C12H18N2O3/c1-14(8-7-9(13)12(15)16)10-5-3-4-6-11(10)17-2/h3-6,9H,7-8,13H2,1-2H3,(H,15,16). The summed E-state index contributed by atoms with van der Waals surface area (Å²) in [6.45, 7) is 0.563. The molecule has 0 aliphatic rings. The molecule has 1 aromatic carbocycles. The van der Waals surface area contributed by atoms with E-state index in [0.717, 1.165) is 11.4 Å². The van der Waals surface area contributed by atoms with Crippen LogP contribution in [0.15, 0.2) is 24.3 Å². The fourth-order valence-corrected chi connectivity index (χ4v) is 1.52. The summed E-state index contributed by atoms with van der Waals surface area (Å²) in [5.41, 5.74) is 6.38. The molecular weight excluding hydrogens is 220 g/mol. The lowest BCUT2D eigenvalue weighted by atomic mass is 10.2. The molecule has 1 atom stereocenters. The first-order valence-corrected chi connectivity index (χ1v) is 5.38. The van der Waals surface area contributed by atoms with E-state index in [2.05, 4.69) is 0 Å². The molecule has 1 unspecified atom stereocenters. The van der Waals surface area contributed by atoms with Gasteiger partial charge in [-0.25, -0.2) is 0 Å². The Hall–Kier alpha value is -1.75. The molecule has 0 fully saturated rings. The van der Waals surface area contributed by atoms with Crippen molar-refractivity contribution in [3.63, 3.8) is 0 Å². The minimum atomic E-state index is -0.974. The molecule has 1 rings (SSSR count). The lowest BCUT2D eigenvalue weighted by Crippen LogP contribution is -2.34. The van der Waals surface area contributed by atoms with Gasteiger partial charge in [-0.2, -0.15) is 0 Å². The van der Waals surface area contributed by atoms with E-state index in [0.29, 0.717) is 13.0 Å². The lowest BCUT2D eigenvalue weighted by molar-refractivity contribution is -0.138. The number of benzene rings is 1. The lowest BCUT2D eigenvalue weighted by Gasteiger charge is -2.22. The van der Waals surface area contributed by atoms with E-state index < -0.39 is 12.0 Å². The summed E-state index contributed by atoms with van der Waals surface area (Å²) in [6, 6.07) is 6.76. The summed E-state index contributed by atoms with van der Waals surface area (Å²) in [5.74, 6) is -0.211. The highest BCUT2D eigenvalue weighted by Gasteiger charge is 2.13. The van der Waals surface area contributed by atoms with Crippen LogP contribution < -0.4 is 15.4 Å². The molecule has 0 aliphatic heterocycles. The molecule has 17 heavy (non-hydrogen) atoms. The van der Waals surface area contributed by atoms with Crippen molar-refractivity contribution >= 4 is 11.7 Å². The molecular formula is C12H18N2O3. The Morgan fingerprint density at radius 3 is 2.76 bits per heavy atom. The normalized spacial score (nSPS) is 11.9. The number of carboxylic acids is 1. The number of hydrogen-bond donors (Lipinski definition) is 2. The monoisotopic (exact) mass is 238 g/mol. The highest BCUT2D eigenvalue weighted by Crippen LogP contribution is 2.26. The van der Waals surface area contributed by atoms with Gasteiger partial charge in [-0.05, 0) is 18.6 Å². The third-order valence-electron chi connectivity index (χ3n) is 2.59. The molecule has 94 valence electrons. The van der Waals surface area contributed by atoms with Gasteiger partial charge in [-0.3, -0.25) is 4.79 Å². The second-order valence-corrected chi connectivity index (χ2v) is 3.83. The zero-order valence-corrected chi connectivity index (χ0v) is 10.1. The molecule has 0 aromatic heterocycles. The first kappa shape index (κ1) is 13.3. The summed E-state index contributed by atoms with van der Waals surface area (Å²) in [4.78, 5) is 12.5. The molecule has 5 heteroatoms. The molecule has 0 radical (unpaired) electrons. The van der Waals surface area contributed by atoms with Crippen LogP contribution in [0.3, 0.4) is 0 Å². The van der Waals surface area contributed by atoms with E-state index in [4.69, 9.17) is 15.6 Å². The number of nitrogens with two attached hydrogens (primary N) is 1. The second kappa shape index (κ2) is 6.10. The molecule has 5 nitrogen and oxygen atoms in total. The predicted octanol–water partition coefficient (Wildman–Crippen LogP) is 0.933. The quantitative estimate of drug-likeness (QED) is 0.771. The van der Waals surface area contributed by atoms with Crippen LogP contribution >= 0.6 is 0 Å². The Bertz CT molecular complexity index is 382. The maximum Gasteiger partial charge on any atom is 0.320 e. The van der Waals surface area contributed by atoms with E-state index in [9.17, 15) is 4.79 Å². The van der Waals surface area contributed by atoms with Crippen molar-refractivity contribution in [2.75, 3.05) is 25.6 Å². The van der Waals surface area contributed by atoms with Crippen molar-refractivity contribution in [3.05, 3.63) is 24.3 Å². The SMILES string of the molecule is COc1ccccc1N(C)CCC(N)C(=O)O. The second-order valence-electron chi connectivity index (χ2n) is 3.83. The van der Waals surface area contributed by atoms with Crippen LogP contribution in [0.5, 0.6) is 5.75 Å². The number of anilines is 1. The van der Waals surface area contributed by atoms with Crippen LogP contribution in [0.4, 0.5) is 5.69 Å². The van der Waals surface area contributed by atoms with Gasteiger partial charge in [-0.1, -0.05) is 12.1 Å². The van der Waals surface area contributed by atoms with E-state index in [-0.39, 0.29) is 0 Å². The number of aliphatic carboxylic acids is 1.